The highest BCUT2D eigenvalue weighted by molar-refractivity contribution is 7.13. The van der Waals surface area contributed by atoms with Gasteiger partial charge in [-0.15, -0.1) is 10.2 Å². The maximum absolute atomic E-state index is 12.4. The van der Waals surface area contributed by atoms with Crippen LogP contribution in [0.5, 0.6) is 5.75 Å². The first-order chi connectivity index (χ1) is 13.5. The maximum Gasteiger partial charge on any atom is 0.319 e. The van der Waals surface area contributed by atoms with E-state index in [2.05, 4.69) is 20.4 Å². The van der Waals surface area contributed by atoms with Crippen LogP contribution in [-0.2, 0) is 6.54 Å². The number of nitrogens with one attached hydrogen (secondary N) is 1. The van der Waals surface area contributed by atoms with Crippen LogP contribution in [0.3, 0.4) is 0 Å². The molecule has 0 atom stereocenters. The number of ether oxygens (including phenoxy) is 1. The van der Waals surface area contributed by atoms with E-state index in [0.29, 0.717) is 30.3 Å². The molecule has 2 heterocycles. The maximum atomic E-state index is 12.4. The molecule has 10 heteroatoms. The summed E-state index contributed by atoms with van der Waals surface area (Å²) in [6, 6.07) is 7.14. The summed E-state index contributed by atoms with van der Waals surface area (Å²) < 4.78 is 5.10. The molecule has 0 bridgehead atoms. The van der Waals surface area contributed by atoms with E-state index in [1.807, 2.05) is 4.90 Å². The van der Waals surface area contributed by atoms with Crippen LogP contribution in [0.1, 0.15) is 14.8 Å². The van der Waals surface area contributed by atoms with Gasteiger partial charge in [-0.05, 0) is 24.3 Å². The normalized spacial score (nSPS) is 14.6. The highest BCUT2D eigenvalue weighted by Gasteiger charge is 2.23. The quantitative estimate of drug-likeness (QED) is 0.814. The van der Waals surface area contributed by atoms with E-state index >= 15 is 0 Å². The minimum absolute atomic E-state index is 0.0352. The van der Waals surface area contributed by atoms with Crippen LogP contribution in [-0.4, -0.2) is 84.2 Å². The Kier molecular flexibility index (Phi) is 6.42. The number of hydrogen-bond donors (Lipinski definition) is 1. The van der Waals surface area contributed by atoms with E-state index in [4.69, 9.17) is 4.74 Å². The largest absolute Gasteiger partial charge is 0.497 e. The van der Waals surface area contributed by atoms with Crippen molar-refractivity contribution in [2.75, 3.05) is 52.7 Å². The zero-order chi connectivity index (χ0) is 20.1. The topological polar surface area (TPSA) is 90.9 Å². The second-order valence-corrected chi connectivity index (χ2v) is 7.69. The van der Waals surface area contributed by atoms with Crippen molar-refractivity contribution in [3.05, 3.63) is 34.3 Å². The fourth-order valence-corrected chi connectivity index (χ4v) is 3.62. The summed E-state index contributed by atoms with van der Waals surface area (Å²) in [5.74, 6) is 0.443. The van der Waals surface area contributed by atoms with Gasteiger partial charge in [0.1, 0.15) is 10.8 Å². The van der Waals surface area contributed by atoms with E-state index in [9.17, 15) is 9.59 Å². The first-order valence-corrected chi connectivity index (χ1v) is 9.74. The lowest BCUT2D eigenvalue weighted by atomic mass is 10.3. The molecule has 0 saturated carbocycles. The van der Waals surface area contributed by atoms with Crippen LogP contribution in [0.15, 0.2) is 24.3 Å². The molecule has 1 fully saturated rings. The zero-order valence-electron chi connectivity index (χ0n) is 16.2. The van der Waals surface area contributed by atoms with Gasteiger partial charge in [0, 0.05) is 46.0 Å². The second-order valence-electron chi connectivity index (χ2n) is 6.62. The standard InChI is InChI=1S/C18H24N6O3S/c1-22(2)18(26)24-10-8-23(9-11-24)12-15-20-21-17(28-15)16(25)19-13-4-6-14(27-3)7-5-13/h4-7H,8-12H2,1-3H3,(H,19,25). The number of aromatic nitrogens is 2. The molecule has 1 aromatic carbocycles. The van der Waals surface area contributed by atoms with Crippen LogP contribution in [0.2, 0.25) is 0 Å². The Balaban J connectivity index is 1.51. The second kappa shape index (κ2) is 8.98. The summed E-state index contributed by atoms with van der Waals surface area (Å²) in [5.41, 5.74) is 0.671. The van der Waals surface area contributed by atoms with Gasteiger partial charge in [0.05, 0.1) is 13.7 Å². The number of anilines is 1. The first kappa shape index (κ1) is 20.0. The molecule has 3 rings (SSSR count). The summed E-state index contributed by atoms with van der Waals surface area (Å²) in [7, 11) is 5.11. The molecular formula is C18H24N6O3S. The van der Waals surface area contributed by atoms with Crippen LogP contribution in [0, 0.1) is 0 Å². The number of carbonyl (C=O) groups excluding carboxylic acids is 2. The lowest BCUT2D eigenvalue weighted by Gasteiger charge is -2.35. The van der Waals surface area contributed by atoms with Crippen molar-refractivity contribution >= 4 is 29.0 Å². The number of rotatable bonds is 5. The number of piperazine rings is 1. The minimum atomic E-state index is -0.282. The third kappa shape index (κ3) is 4.96. The molecule has 1 saturated heterocycles. The molecule has 1 N–H and O–H groups in total. The predicted molar refractivity (Wildman–Crippen MR) is 107 cm³/mol. The van der Waals surface area contributed by atoms with Crippen molar-refractivity contribution in [2.45, 2.75) is 6.54 Å². The minimum Gasteiger partial charge on any atom is -0.497 e. The van der Waals surface area contributed by atoms with Gasteiger partial charge in [-0.1, -0.05) is 11.3 Å². The molecule has 1 aliphatic rings. The van der Waals surface area contributed by atoms with Gasteiger partial charge >= 0.3 is 6.03 Å². The third-order valence-corrected chi connectivity index (χ3v) is 5.30. The Morgan fingerprint density at radius 1 is 1.14 bits per heavy atom. The Hall–Kier alpha value is -2.72. The molecule has 2 aromatic rings. The number of amides is 3. The highest BCUT2D eigenvalue weighted by atomic mass is 32.1. The van der Waals surface area contributed by atoms with Crippen molar-refractivity contribution < 1.29 is 14.3 Å². The van der Waals surface area contributed by atoms with Crippen LogP contribution >= 0.6 is 11.3 Å². The van der Waals surface area contributed by atoms with E-state index in [-0.39, 0.29) is 11.9 Å². The summed E-state index contributed by atoms with van der Waals surface area (Å²) in [4.78, 5) is 30.0. The smallest absolute Gasteiger partial charge is 0.319 e. The summed E-state index contributed by atoms with van der Waals surface area (Å²) in [5, 5.41) is 12.1. The Bertz CT molecular complexity index is 815. The molecule has 28 heavy (non-hydrogen) atoms. The predicted octanol–water partition coefficient (Wildman–Crippen LogP) is 1.60. The van der Waals surface area contributed by atoms with Gasteiger partial charge < -0.3 is 19.9 Å². The monoisotopic (exact) mass is 404 g/mol. The highest BCUT2D eigenvalue weighted by Crippen LogP contribution is 2.18. The summed E-state index contributed by atoms with van der Waals surface area (Å²) >= 11 is 1.28. The Morgan fingerprint density at radius 2 is 1.82 bits per heavy atom. The van der Waals surface area contributed by atoms with Gasteiger partial charge in [0.25, 0.3) is 5.91 Å². The van der Waals surface area contributed by atoms with Crippen molar-refractivity contribution in [3.8, 4) is 5.75 Å². The molecule has 0 spiro atoms. The van der Waals surface area contributed by atoms with Crippen molar-refractivity contribution in [2.24, 2.45) is 0 Å². The number of hydrogen-bond acceptors (Lipinski definition) is 7. The fourth-order valence-electron chi connectivity index (χ4n) is 2.84. The van der Waals surface area contributed by atoms with E-state index < -0.39 is 0 Å². The van der Waals surface area contributed by atoms with Gasteiger partial charge in [0.15, 0.2) is 0 Å². The lowest BCUT2D eigenvalue weighted by molar-refractivity contribution is 0.102. The van der Waals surface area contributed by atoms with Gasteiger partial charge in [0.2, 0.25) is 5.01 Å². The number of nitrogens with zero attached hydrogens (tertiary/aromatic N) is 5. The molecule has 150 valence electrons. The SMILES string of the molecule is COc1ccc(NC(=O)c2nnc(CN3CCN(C(=O)N(C)C)CC3)s2)cc1. The average Bonchev–Trinajstić information content (AvgIpc) is 3.17. The Labute approximate surface area is 167 Å². The van der Waals surface area contributed by atoms with E-state index in [0.717, 1.165) is 23.8 Å². The number of methoxy groups -OCH3 is 1. The van der Waals surface area contributed by atoms with Crippen LogP contribution in [0.4, 0.5) is 10.5 Å². The molecule has 3 amide bonds. The first-order valence-electron chi connectivity index (χ1n) is 8.92. The van der Waals surface area contributed by atoms with Gasteiger partial charge in [-0.3, -0.25) is 9.69 Å². The Morgan fingerprint density at radius 3 is 2.43 bits per heavy atom. The molecule has 0 radical (unpaired) electrons. The van der Waals surface area contributed by atoms with Crippen LogP contribution < -0.4 is 10.1 Å². The van der Waals surface area contributed by atoms with Crippen molar-refractivity contribution in [1.82, 2.24) is 24.9 Å². The van der Waals surface area contributed by atoms with E-state index in [1.54, 1.807) is 50.4 Å². The lowest BCUT2D eigenvalue weighted by Crippen LogP contribution is -2.51. The summed E-state index contributed by atoms with van der Waals surface area (Å²) in [6.07, 6.45) is 0. The molecule has 0 aliphatic carbocycles. The van der Waals surface area contributed by atoms with Gasteiger partial charge in [-0.2, -0.15) is 0 Å². The van der Waals surface area contributed by atoms with Crippen LogP contribution in [0.25, 0.3) is 0 Å². The fraction of sp³-hybridized carbons (Fsp3) is 0.444. The van der Waals surface area contributed by atoms with Crippen molar-refractivity contribution in [3.63, 3.8) is 0 Å². The number of urea groups is 1. The molecule has 1 aromatic heterocycles. The zero-order valence-corrected chi connectivity index (χ0v) is 17.0. The molecule has 1 aliphatic heterocycles. The summed E-state index contributed by atoms with van der Waals surface area (Å²) in [6.45, 7) is 3.53. The third-order valence-electron chi connectivity index (χ3n) is 4.39. The molecule has 0 unspecified atom stereocenters. The molecular weight excluding hydrogens is 380 g/mol. The average molecular weight is 404 g/mol. The van der Waals surface area contributed by atoms with E-state index in [1.165, 1.54) is 11.3 Å². The van der Waals surface area contributed by atoms with Crippen molar-refractivity contribution in [1.29, 1.82) is 0 Å². The van der Waals surface area contributed by atoms with Gasteiger partial charge in [-0.25, -0.2) is 4.79 Å². The number of benzene rings is 1. The number of carbonyl (C=O) groups is 2. The molecule has 9 nitrogen and oxygen atoms in total.